The number of rotatable bonds is 7. The minimum atomic E-state index is -0.575. The average Bonchev–Trinajstić information content (AvgIpc) is 3.61. The maximum absolute atomic E-state index is 12.7. The Labute approximate surface area is 249 Å². The molecule has 1 aliphatic heterocycles. The lowest BCUT2D eigenvalue weighted by atomic mass is 9.95. The fourth-order valence-electron chi connectivity index (χ4n) is 4.81. The Hall–Kier alpha value is -4.70. The molecular formula is C32H32N4O5S. The van der Waals surface area contributed by atoms with E-state index in [-0.39, 0.29) is 11.9 Å². The van der Waals surface area contributed by atoms with Crippen LogP contribution in [0.2, 0.25) is 0 Å². The van der Waals surface area contributed by atoms with Crippen molar-refractivity contribution >= 4 is 40.6 Å². The van der Waals surface area contributed by atoms with Crippen molar-refractivity contribution in [2.75, 3.05) is 24.4 Å². The molecular weight excluding hydrogens is 552 g/mol. The van der Waals surface area contributed by atoms with Gasteiger partial charge in [-0.25, -0.2) is 4.79 Å². The van der Waals surface area contributed by atoms with E-state index in [4.69, 9.17) is 26.1 Å². The van der Waals surface area contributed by atoms with Gasteiger partial charge in [-0.2, -0.15) is 0 Å². The van der Waals surface area contributed by atoms with Gasteiger partial charge in [-0.15, -0.1) is 0 Å². The van der Waals surface area contributed by atoms with Gasteiger partial charge in [-0.3, -0.25) is 9.78 Å². The number of pyridine rings is 1. The summed E-state index contributed by atoms with van der Waals surface area (Å²) in [5, 5.41) is 6.83. The van der Waals surface area contributed by atoms with Crippen LogP contribution in [0.3, 0.4) is 0 Å². The second-order valence-electron chi connectivity index (χ2n) is 10.8. The van der Waals surface area contributed by atoms with E-state index in [9.17, 15) is 9.59 Å². The van der Waals surface area contributed by atoms with Crippen molar-refractivity contribution in [1.29, 1.82) is 0 Å². The summed E-state index contributed by atoms with van der Waals surface area (Å²) in [6, 6.07) is 21.3. The third-order valence-electron chi connectivity index (χ3n) is 7.01. The van der Waals surface area contributed by atoms with Crippen molar-refractivity contribution in [1.82, 2.24) is 10.3 Å². The molecule has 3 heterocycles. The first-order valence-electron chi connectivity index (χ1n) is 13.4. The van der Waals surface area contributed by atoms with E-state index in [0.717, 1.165) is 11.4 Å². The molecule has 2 aromatic carbocycles. The monoisotopic (exact) mass is 584 g/mol. The number of carbonyl (C=O) groups excluding carboxylic acids is 2. The number of furan rings is 1. The molecule has 2 unspecified atom stereocenters. The van der Waals surface area contributed by atoms with E-state index in [1.807, 2.05) is 80.3 Å². The number of hydrogen-bond donors (Lipinski definition) is 2. The maximum atomic E-state index is 12.7. The Bertz CT molecular complexity index is 1630. The number of methoxy groups -OCH3 is 2. The van der Waals surface area contributed by atoms with Gasteiger partial charge in [0.15, 0.2) is 5.11 Å². The number of esters is 1. The summed E-state index contributed by atoms with van der Waals surface area (Å²) in [5.74, 6) is 1.03. The highest BCUT2D eigenvalue weighted by atomic mass is 32.1. The largest absolute Gasteiger partial charge is 0.494 e. The fourth-order valence-corrected chi connectivity index (χ4v) is 5.15. The van der Waals surface area contributed by atoms with Crippen molar-refractivity contribution in [2.45, 2.75) is 32.9 Å². The molecule has 10 heteroatoms. The zero-order chi connectivity index (χ0) is 30.0. The van der Waals surface area contributed by atoms with E-state index in [1.54, 1.807) is 31.5 Å². The maximum Gasteiger partial charge on any atom is 0.338 e. The smallest absolute Gasteiger partial charge is 0.338 e. The minimum absolute atomic E-state index is 0.129. The minimum Gasteiger partial charge on any atom is -0.494 e. The van der Waals surface area contributed by atoms with Crippen molar-refractivity contribution in [3.63, 3.8) is 0 Å². The fraction of sp³-hybridized carbons (Fsp3) is 0.250. The molecule has 0 bridgehead atoms. The van der Waals surface area contributed by atoms with Crippen LogP contribution in [0.15, 0.2) is 83.4 Å². The topological polar surface area (TPSA) is 106 Å². The zero-order valence-electron chi connectivity index (χ0n) is 24.0. The van der Waals surface area contributed by atoms with Crippen LogP contribution in [0.4, 0.5) is 11.4 Å². The highest BCUT2D eigenvalue weighted by molar-refractivity contribution is 7.80. The summed E-state index contributed by atoms with van der Waals surface area (Å²) < 4.78 is 17.1. The molecule has 42 heavy (non-hydrogen) atoms. The summed E-state index contributed by atoms with van der Waals surface area (Å²) in [6.07, 6.45) is 1.73. The lowest BCUT2D eigenvalue weighted by molar-refractivity contribution is -0.123. The van der Waals surface area contributed by atoms with Crippen LogP contribution >= 0.6 is 12.2 Å². The van der Waals surface area contributed by atoms with Crippen molar-refractivity contribution in [3.05, 3.63) is 96.0 Å². The van der Waals surface area contributed by atoms with Crippen LogP contribution in [0.5, 0.6) is 5.75 Å². The third-order valence-corrected chi connectivity index (χ3v) is 7.32. The molecule has 0 aliphatic carbocycles. The molecule has 5 rings (SSSR count). The van der Waals surface area contributed by atoms with Crippen molar-refractivity contribution < 1.29 is 23.5 Å². The second-order valence-corrected chi connectivity index (χ2v) is 11.2. The summed E-state index contributed by atoms with van der Waals surface area (Å²) in [6.45, 7) is 5.54. The number of benzene rings is 2. The Balaban J connectivity index is 1.58. The van der Waals surface area contributed by atoms with Gasteiger partial charge in [-0.1, -0.05) is 45.0 Å². The molecule has 0 saturated carbocycles. The predicted molar refractivity (Wildman–Crippen MR) is 164 cm³/mol. The number of aromatic nitrogens is 1. The average molecular weight is 585 g/mol. The van der Waals surface area contributed by atoms with Gasteiger partial charge in [0.1, 0.15) is 23.3 Å². The quantitative estimate of drug-likeness (QED) is 0.191. The molecule has 1 amide bonds. The Morgan fingerprint density at radius 2 is 1.79 bits per heavy atom. The highest BCUT2D eigenvalue weighted by Gasteiger charge is 2.43. The van der Waals surface area contributed by atoms with E-state index in [0.29, 0.717) is 39.2 Å². The number of anilines is 2. The molecule has 0 spiro atoms. The summed E-state index contributed by atoms with van der Waals surface area (Å²) in [7, 11) is 2.90. The van der Waals surface area contributed by atoms with Gasteiger partial charge < -0.3 is 29.4 Å². The van der Waals surface area contributed by atoms with Crippen LogP contribution in [0.1, 0.15) is 54.7 Å². The highest BCUT2D eigenvalue weighted by Crippen LogP contribution is 2.44. The normalized spacial score (nSPS) is 16.6. The van der Waals surface area contributed by atoms with Gasteiger partial charge in [0.05, 0.1) is 37.2 Å². The summed E-state index contributed by atoms with van der Waals surface area (Å²) in [5.41, 5.74) is 2.50. The van der Waals surface area contributed by atoms with Gasteiger partial charge in [0.25, 0.3) is 0 Å². The second kappa shape index (κ2) is 11.7. The number of nitrogens with one attached hydrogen (secondary N) is 2. The molecule has 0 radical (unpaired) electrons. The zero-order valence-corrected chi connectivity index (χ0v) is 24.8. The number of nitrogens with zero attached hydrogens (tertiary/aromatic N) is 2. The van der Waals surface area contributed by atoms with Gasteiger partial charge in [0.2, 0.25) is 5.91 Å². The van der Waals surface area contributed by atoms with Crippen LogP contribution in [-0.2, 0) is 9.53 Å². The number of hydrogen-bond acceptors (Lipinski definition) is 7. The Morgan fingerprint density at radius 3 is 2.48 bits per heavy atom. The number of carbonyl (C=O) groups is 2. The number of ether oxygens (including phenoxy) is 2. The van der Waals surface area contributed by atoms with Gasteiger partial charge in [-0.05, 0) is 54.7 Å². The molecule has 1 fully saturated rings. The first kappa shape index (κ1) is 28.8. The Kier molecular flexibility index (Phi) is 8.00. The van der Waals surface area contributed by atoms with E-state index < -0.39 is 17.4 Å². The van der Waals surface area contributed by atoms with Gasteiger partial charge >= 0.3 is 5.97 Å². The molecule has 9 nitrogen and oxygen atoms in total. The van der Waals surface area contributed by atoms with Crippen LogP contribution in [0, 0.1) is 5.41 Å². The number of amides is 1. The van der Waals surface area contributed by atoms with E-state index in [2.05, 4.69) is 15.6 Å². The lowest BCUT2D eigenvalue weighted by Crippen LogP contribution is -2.30. The predicted octanol–water partition coefficient (Wildman–Crippen LogP) is 6.30. The molecule has 4 aromatic rings. The molecule has 2 atom stereocenters. The van der Waals surface area contributed by atoms with Crippen LogP contribution in [-0.4, -0.2) is 36.2 Å². The molecule has 1 saturated heterocycles. The first-order valence-corrected chi connectivity index (χ1v) is 13.8. The SMILES string of the molecule is COC(=O)c1ccccc1-c1ccc(C2C(c3ccccn3)NC(=S)N2c2ccc(NC(=O)C(C)(C)C)c(OC)c2)o1. The first-order chi connectivity index (χ1) is 20.1. The lowest BCUT2D eigenvalue weighted by Gasteiger charge is -2.27. The van der Waals surface area contributed by atoms with Crippen LogP contribution < -0.4 is 20.3 Å². The summed E-state index contributed by atoms with van der Waals surface area (Å²) in [4.78, 5) is 31.7. The molecule has 1 aliphatic rings. The van der Waals surface area contributed by atoms with E-state index >= 15 is 0 Å². The third kappa shape index (κ3) is 5.58. The number of thiocarbonyl (C=S) groups is 1. The molecule has 2 N–H and O–H groups in total. The molecule has 216 valence electrons. The standard InChI is InChI=1S/C32H32N4O5S/c1-32(2,3)30(38)34-22-14-13-19(18-26(22)39-4)36-28(27(35-31(36)42)23-12-8-9-17-33-23)25-16-15-24(41-25)20-10-6-7-11-21(20)29(37)40-5/h6-18,27-28H,1-5H3,(H,34,38)(H,35,42). The van der Waals surface area contributed by atoms with Crippen LogP contribution in [0.25, 0.3) is 11.3 Å². The summed E-state index contributed by atoms with van der Waals surface area (Å²) >= 11 is 5.85. The van der Waals surface area contributed by atoms with Crippen molar-refractivity contribution in [2.24, 2.45) is 5.41 Å². The van der Waals surface area contributed by atoms with Gasteiger partial charge in [0, 0.05) is 28.9 Å². The Morgan fingerprint density at radius 1 is 1.02 bits per heavy atom. The molecule has 2 aromatic heterocycles. The van der Waals surface area contributed by atoms with E-state index in [1.165, 1.54) is 7.11 Å². The van der Waals surface area contributed by atoms with Crippen molar-refractivity contribution in [3.8, 4) is 17.1 Å².